The summed E-state index contributed by atoms with van der Waals surface area (Å²) in [6, 6.07) is 7.69. The van der Waals surface area contributed by atoms with Gasteiger partial charge in [-0.15, -0.1) is 16.7 Å². The summed E-state index contributed by atoms with van der Waals surface area (Å²) in [4.78, 5) is 1.98. The number of rotatable bonds is 4. The Morgan fingerprint density at radius 3 is 2.59 bits per heavy atom. The quantitative estimate of drug-likeness (QED) is 0.784. The smallest absolute Gasteiger partial charge is 0.151 e. The minimum absolute atomic E-state index is 0.383. The highest BCUT2D eigenvalue weighted by molar-refractivity contribution is 6.16. The van der Waals surface area contributed by atoms with Gasteiger partial charge in [-0.05, 0) is 31.2 Å². The first-order valence-corrected chi connectivity index (χ1v) is 5.87. The molecular weight excluding hydrogens is 238 g/mol. The molecular formula is C12H14ClN3O. The number of aryl methyl sites for hydroxylation is 1. The van der Waals surface area contributed by atoms with E-state index in [1.807, 2.05) is 43.1 Å². The van der Waals surface area contributed by atoms with Crippen molar-refractivity contribution in [3.8, 4) is 0 Å². The largest absolute Gasteiger partial charge is 0.464 e. The highest BCUT2D eigenvalue weighted by Crippen LogP contribution is 2.14. The molecule has 0 saturated carbocycles. The molecule has 2 heterocycles. The maximum atomic E-state index is 5.66. The Balaban J connectivity index is 2.06. The molecule has 0 aromatic carbocycles. The second-order valence-electron chi connectivity index (χ2n) is 3.88. The Morgan fingerprint density at radius 1 is 1.24 bits per heavy atom. The number of hydrogen-bond donors (Lipinski definition) is 0. The van der Waals surface area contributed by atoms with Gasteiger partial charge >= 0.3 is 0 Å². The number of alkyl halides is 1. The maximum Gasteiger partial charge on any atom is 0.151 e. The van der Waals surface area contributed by atoms with Crippen molar-refractivity contribution in [2.75, 3.05) is 11.9 Å². The highest BCUT2D eigenvalue weighted by atomic mass is 35.5. The van der Waals surface area contributed by atoms with Crippen LogP contribution in [0.4, 0.5) is 5.82 Å². The minimum Gasteiger partial charge on any atom is -0.464 e. The molecule has 0 spiro atoms. The van der Waals surface area contributed by atoms with E-state index in [0.717, 1.165) is 23.0 Å². The first-order valence-electron chi connectivity index (χ1n) is 5.34. The van der Waals surface area contributed by atoms with Crippen LogP contribution in [0.25, 0.3) is 0 Å². The molecule has 0 unspecified atom stereocenters. The molecule has 0 atom stereocenters. The summed E-state index contributed by atoms with van der Waals surface area (Å²) in [6.07, 6.45) is 0. The van der Waals surface area contributed by atoms with Crippen molar-refractivity contribution in [2.45, 2.75) is 19.3 Å². The van der Waals surface area contributed by atoms with E-state index >= 15 is 0 Å². The Morgan fingerprint density at radius 2 is 2.06 bits per heavy atom. The molecule has 0 aliphatic heterocycles. The fourth-order valence-electron chi connectivity index (χ4n) is 1.51. The lowest BCUT2D eigenvalue weighted by atomic mass is 10.3. The van der Waals surface area contributed by atoms with Gasteiger partial charge < -0.3 is 9.32 Å². The first kappa shape index (κ1) is 11.9. The molecule has 90 valence electrons. The summed E-state index contributed by atoms with van der Waals surface area (Å²) >= 11 is 5.66. The van der Waals surface area contributed by atoms with Gasteiger partial charge in [-0.2, -0.15) is 5.10 Å². The van der Waals surface area contributed by atoms with Crippen molar-refractivity contribution < 1.29 is 4.42 Å². The van der Waals surface area contributed by atoms with Gasteiger partial charge in [-0.25, -0.2) is 0 Å². The van der Waals surface area contributed by atoms with Crippen LogP contribution in [0.1, 0.15) is 17.2 Å². The van der Waals surface area contributed by atoms with E-state index in [4.69, 9.17) is 16.0 Å². The van der Waals surface area contributed by atoms with Gasteiger partial charge in [0.15, 0.2) is 5.82 Å². The molecule has 0 radical (unpaired) electrons. The maximum absolute atomic E-state index is 5.66. The summed E-state index contributed by atoms with van der Waals surface area (Å²) < 4.78 is 5.51. The van der Waals surface area contributed by atoms with Crippen LogP contribution in [0.3, 0.4) is 0 Å². The summed E-state index contributed by atoms with van der Waals surface area (Å²) in [5, 5.41) is 8.11. The van der Waals surface area contributed by atoms with Gasteiger partial charge in [0, 0.05) is 7.05 Å². The second-order valence-corrected chi connectivity index (χ2v) is 4.15. The average Bonchev–Trinajstić information content (AvgIpc) is 2.75. The number of furan rings is 1. The fourth-order valence-corrected chi connectivity index (χ4v) is 1.66. The van der Waals surface area contributed by atoms with E-state index in [1.54, 1.807) is 0 Å². The molecule has 0 aliphatic carbocycles. The van der Waals surface area contributed by atoms with E-state index in [9.17, 15) is 0 Å². The monoisotopic (exact) mass is 251 g/mol. The van der Waals surface area contributed by atoms with Crippen molar-refractivity contribution >= 4 is 17.4 Å². The van der Waals surface area contributed by atoms with Crippen LogP contribution in [0.5, 0.6) is 0 Å². The van der Waals surface area contributed by atoms with Crippen LogP contribution in [-0.4, -0.2) is 17.2 Å². The molecule has 0 fully saturated rings. The van der Waals surface area contributed by atoms with Crippen molar-refractivity contribution in [1.29, 1.82) is 0 Å². The van der Waals surface area contributed by atoms with Crippen LogP contribution >= 0.6 is 11.6 Å². The summed E-state index contributed by atoms with van der Waals surface area (Å²) in [7, 11) is 1.95. The molecule has 0 amide bonds. The molecule has 2 aromatic rings. The Bertz CT molecular complexity index is 481. The Hall–Kier alpha value is -1.55. The number of hydrogen-bond acceptors (Lipinski definition) is 4. The Labute approximate surface area is 105 Å². The van der Waals surface area contributed by atoms with E-state index in [-0.39, 0.29) is 0 Å². The lowest BCUT2D eigenvalue weighted by Gasteiger charge is -2.15. The molecule has 0 saturated heterocycles. The number of nitrogens with zero attached hydrogens (tertiary/aromatic N) is 3. The third kappa shape index (κ3) is 2.97. The zero-order valence-electron chi connectivity index (χ0n) is 9.85. The number of anilines is 1. The van der Waals surface area contributed by atoms with Crippen LogP contribution in [0.15, 0.2) is 28.7 Å². The van der Waals surface area contributed by atoms with Crippen molar-refractivity contribution in [3.63, 3.8) is 0 Å². The van der Waals surface area contributed by atoms with Crippen LogP contribution < -0.4 is 4.90 Å². The summed E-state index contributed by atoms with van der Waals surface area (Å²) in [5.74, 6) is 3.01. The van der Waals surface area contributed by atoms with E-state index in [2.05, 4.69) is 10.2 Å². The normalized spacial score (nSPS) is 10.5. The lowest BCUT2D eigenvalue weighted by Crippen LogP contribution is -2.17. The zero-order chi connectivity index (χ0) is 12.3. The van der Waals surface area contributed by atoms with Gasteiger partial charge in [0.05, 0.1) is 18.1 Å². The van der Waals surface area contributed by atoms with Gasteiger partial charge in [0.2, 0.25) is 0 Å². The van der Waals surface area contributed by atoms with Crippen molar-refractivity contribution in [3.05, 3.63) is 41.5 Å². The average molecular weight is 252 g/mol. The molecule has 17 heavy (non-hydrogen) atoms. The van der Waals surface area contributed by atoms with Gasteiger partial charge in [0.1, 0.15) is 11.5 Å². The van der Waals surface area contributed by atoms with Gasteiger partial charge in [-0.1, -0.05) is 0 Å². The standard InChI is InChI=1S/C12H14ClN3O/c1-9-3-5-11(17-9)8-16(2)12-6-4-10(7-13)14-15-12/h3-6H,7-8H2,1-2H3. The van der Waals surface area contributed by atoms with Crippen LogP contribution in [0, 0.1) is 6.92 Å². The zero-order valence-corrected chi connectivity index (χ0v) is 10.6. The molecule has 0 bridgehead atoms. The number of aromatic nitrogens is 2. The molecule has 2 rings (SSSR count). The van der Waals surface area contributed by atoms with Gasteiger partial charge in [-0.3, -0.25) is 0 Å². The third-order valence-electron chi connectivity index (χ3n) is 2.42. The van der Waals surface area contributed by atoms with E-state index in [1.165, 1.54) is 0 Å². The van der Waals surface area contributed by atoms with Crippen molar-refractivity contribution in [2.24, 2.45) is 0 Å². The number of halogens is 1. The molecule has 0 N–H and O–H groups in total. The first-order chi connectivity index (χ1) is 8.19. The topological polar surface area (TPSA) is 42.2 Å². The predicted octanol–water partition coefficient (Wildman–Crippen LogP) is 2.75. The summed E-state index contributed by atoms with van der Waals surface area (Å²) in [5.41, 5.74) is 0.776. The second kappa shape index (κ2) is 5.19. The van der Waals surface area contributed by atoms with Crippen LogP contribution in [0.2, 0.25) is 0 Å². The highest BCUT2D eigenvalue weighted by Gasteiger charge is 2.07. The molecule has 4 nitrogen and oxygen atoms in total. The minimum atomic E-state index is 0.383. The molecule has 5 heteroatoms. The van der Waals surface area contributed by atoms with Crippen molar-refractivity contribution in [1.82, 2.24) is 10.2 Å². The lowest BCUT2D eigenvalue weighted by molar-refractivity contribution is 0.481. The summed E-state index contributed by atoms with van der Waals surface area (Å²) in [6.45, 7) is 2.60. The predicted molar refractivity (Wildman–Crippen MR) is 67.1 cm³/mol. The molecule has 0 aliphatic rings. The third-order valence-corrected chi connectivity index (χ3v) is 2.70. The molecule has 2 aromatic heterocycles. The fraction of sp³-hybridized carbons (Fsp3) is 0.333. The Kier molecular flexibility index (Phi) is 3.64. The SMILES string of the molecule is Cc1ccc(CN(C)c2ccc(CCl)nn2)o1. The van der Waals surface area contributed by atoms with E-state index < -0.39 is 0 Å². The van der Waals surface area contributed by atoms with Gasteiger partial charge in [0.25, 0.3) is 0 Å². The van der Waals surface area contributed by atoms with Crippen LogP contribution in [-0.2, 0) is 12.4 Å². The van der Waals surface area contributed by atoms with E-state index in [0.29, 0.717) is 12.4 Å².